The van der Waals surface area contributed by atoms with E-state index in [1.807, 2.05) is 157 Å². The molecule has 5 aromatic rings. The van der Waals surface area contributed by atoms with Crippen molar-refractivity contribution in [2.24, 2.45) is 54.6 Å². The van der Waals surface area contributed by atoms with E-state index in [4.69, 9.17) is 85.1 Å². The molecule has 5 N–H and O–H groups in total. The Labute approximate surface area is 668 Å². The summed E-state index contributed by atoms with van der Waals surface area (Å²) in [5.74, 6) is 5.84. The predicted molar refractivity (Wildman–Crippen MR) is 399 cm³/mol. The van der Waals surface area contributed by atoms with Crippen molar-refractivity contribution in [3.63, 3.8) is 0 Å². The number of benzene rings is 5. The molecule has 10 nitrogen and oxygen atoms in total. The quantitative estimate of drug-likeness (QED) is 0.0830. The van der Waals surface area contributed by atoms with Crippen LogP contribution in [0.3, 0.4) is 0 Å². The molecule has 25 heteroatoms. The number of phenols is 5. The van der Waals surface area contributed by atoms with Gasteiger partial charge in [-0.2, -0.15) is 0 Å². The van der Waals surface area contributed by atoms with E-state index in [2.05, 4.69) is 59.6 Å². The Morgan fingerprint density at radius 3 is 0.646 bits per heavy atom. The fraction of sp³-hybridized carbons (Fsp3) is 0.507. The predicted octanol–water partition coefficient (Wildman–Crippen LogP) is 23.8. The van der Waals surface area contributed by atoms with Crippen LogP contribution in [0.2, 0.25) is 0 Å². The van der Waals surface area contributed by atoms with Gasteiger partial charge in [0.2, 0.25) is 0 Å². The first-order chi connectivity index (χ1) is 45.9. The number of aromatic hydroxyl groups is 5. The Hall–Kier alpha value is 0.766. The number of hydrogen-bond donors (Lipinski definition) is 5. The molecule has 0 amide bonds. The van der Waals surface area contributed by atoms with Gasteiger partial charge >= 0.3 is 189 Å². The van der Waals surface area contributed by atoms with Gasteiger partial charge in [-0.3, -0.25) is 25.0 Å². The van der Waals surface area contributed by atoms with Gasteiger partial charge < -0.3 is 25.5 Å². The van der Waals surface area contributed by atoms with Gasteiger partial charge in [0.05, 0.1) is 30.2 Å². The fourth-order valence-corrected chi connectivity index (χ4v) is 11.7. The number of halogens is 10. The van der Waals surface area contributed by atoms with E-state index in [9.17, 15) is 25.5 Å². The Balaban J connectivity index is 0.000000569. The fourth-order valence-electron chi connectivity index (χ4n) is 11.7. The van der Waals surface area contributed by atoms with E-state index in [-0.39, 0.29) is 0 Å². The van der Waals surface area contributed by atoms with E-state index >= 15 is 0 Å². The Kier molecular flexibility index (Phi) is 57.3. The summed E-state index contributed by atoms with van der Waals surface area (Å²) in [5, 5.41) is 49.2. The molecule has 96 heavy (non-hydrogen) atoms. The summed E-state index contributed by atoms with van der Waals surface area (Å²) in [7, 11) is 49.3. The molecular weight excluding hydrogens is 1810 g/mol. The first kappa shape index (κ1) is 94.8. The molecule has 0 aromatic heterocycles. The van der Waals surface area contributed by atoms with Crippen LogP contribution in [0.15, 0.2) is 116 Å². The van der Waals surface area contributed by atoms with Gasteiger partial charge in [-0.15, -0.1) is 0 Å². The van der Waals surface area contributed by atoms with E-state index in [1.54, 1.807) is 0 Å². The van der Waals surface area contributed by atoms with Crippen LogP contribution in [0.1, 0.15) is 193 Å². The molecule has 0 radical (unpaired) electrons. The second kappa shape index (κ2) is 58.0. The van der Waals surface area contributed by atoms with Crippen molar-refractivity contribution in [2.45, 2.75) is 202 Å². The minimum atomic E-state index is -0.826. The molecule has 5 saturated carbocycles. The van der Waals surface area contributed by atoms with Gasteiger partial charge in [-0.1, -0.05) is 102 Å². The van der Waals surface area contributed by atoms with E-state index in [0.29, 0.717) is 59.0 Å². The Morgan fingerprint density at radius 2 is 0.490 bits per heavy atom. The summed E-state index contributed by atoms with van der Waals surface area (Å²) < 4.78 is 0. The van der Waals surface area contributed by atoms with Crippen molar-refractivity contribution in [1.82, 2.24) is 0 Å². The minimum absolute atomic E-state index is 0.359. The zero-order valence-corrected chi connectivity index (χ0v) is 76.7. The van der Waals surface area contributed by atoms with Crippen molar-refractivity contribution in [3.8, 4) is 28.7 Å². The van der Waals surface area contributed by atoms with Gasteiger partial charge in [0.15, 0.2) is 0 Å². The van der Waals surface area contributed by atoms with Crippen LogP contribution in [0.4, 0.5) is 0 Å². The second-order valence-corrected chi connectivity index (χ2v) is 43.5. The third-order valence-electron chi connectivity index (χ3n) is 17.2. The van der Waals surface area contributed by atoms with Crippen LogP contribution in [-0.4, -0.2) is 86.8 Å². The maximum absolute atomic E-state index is 9.88. The molecule has 0 spiro atoms. The molecular formula is C71H97Cl10N5O5Zr5. The molecule has 0 saturated heterocycles. The molecule has 10 unspecified atom stereocenters. The van der Waals surface area contributed by atoms with Crippen LogP contribution in [-0.2, 0) is 104 Å². The summed E-state index contributed by atoms with van der Waals surface area (Å²) in [5.41, 5.74) is 8.70. The van der Waals surface area contributed by atoms with Crippen LogP contribution in [0.25, 0.3) is 0 Å². The monoisotopic (exact) mass is 1900 g/mol. The molecule has 0 aliphatic heterocycles. The summed E-state index contributed by atoms with van der Waals surface area (Å²) in [6.07, 6.45) is 28.7. The molecule has 10 atom stereocenters. The first-order valence-corrected chi connectivity index (χ1v) is 64.0. The Bertz CT molecular complexity index is 2750. The molecule has 0 heterocycles. The standard InChI is InChI=1S/C15H21NO.4C14H19NO.10ClH.5Zr/c1-3-12-7-8-14(9-12)16-10-13-6-4-5-11(2)15(13)17;4*1-10-6-7-13(8-10)15-9-12-5-3-4-11(2)14(12)16;;;;;;;;;;;;;;;/h4-6,10,12,14,17H,3,7-9H2,1-2H3;4*3-5,9-10,13,16H,6-8H2,1-2H3;10*1H;;;;;/q;;;;;;;;;;;;;;;5*+2/p-10. The van der Waals surface area contributed by atoms with Crippen molar-refractivity contribution in [2.75, 3.05) is 0 Å². The SMILES string of the molecule is CCC1CCC(N=Cc2cccc(C)c2O)C1.Cc1cccc(C=NC2CCC(C)C2)c1O.Cc1cccc(C=NC2CCC(C)C2)c1O.Cc1cccc(C=NC2CCC(C)C2)c1O.Cc1cccc(C=NC2CCC(C)C2)c1O.[Cl][Zr][Cl].[Cl][Zr][Cl].[Cl][Zr][Cl].[Cl][Zr][Cl].[Cl][Zr][Cl]. The van der Waals surface area contributed by atoms with Crippen LogP contribution in [0.5, 0.6) is 28.7 Å². The third kappa shape index (κ3) is 40.9. The molecule has 5 aromatic carbocycles. The summed E-state index contributed by atoms with van der Waals surface area (Å²) >= 11 is -4.13. The number of phenolic OH excluding ortho intramolecular Hbond substituents is 5. The zero-order chi connectivity index (χ0) is 72.0. The van der Waals surface area contributed by atoms with Gasteiger partial charge in [-0.25, -0.2) is 0 Å². The van der Waals surface area contributed by atoms with E-state index in [0.717, 1.165) is 85.2 Å². The summed E-state index contributed by atoms with van der Waals surface area (Å²) in [6.45, 7) is 20.9. The van der Waals surface area contributed by atoms with Gasteiger partial charge in [-0.05, 0) is 219 Å². The zero-order valence-electron chi connectivity index (χ0n) is 56.9. The second-order valence-electron chi connectivity index (χ2n) is 24.8. The molecule has 526 valence electrons. The number of hydrogen-bond acceptors (Lipinski definition) is 10. The first-order valence-electron chi connectivity index (χ1n) is 32.3. The van der Waals surface area contributed by atoms with Gasteiger partial charge in [0.1, 0.15) is 28.7 Å². The molecule has 5 aliphatic carbocycles. The maximum atomic E-state index is 9.88. The van der Waals surface area contributed by atoms with Gasteiger partial charge in [0.25, 0.3) is 0 Å². The average molecular weight is 1910 g/mol. The average Bonchev–Trinajstić information content (AvgIpc) is 1.35. The van der Waals surface area contributed by atoms with Crippen LogP contribution >= 0.6 is 85.1 Å². The van der Waals surface area contributed by atoms with Crippen molar-refractivity contribution >= 4 is 116 Å². The van der Waals surface area contributed by atoms with Crippen molar-refractivity contribution in [1.29, 1.82) is 0 Å². The molecule has 5 fully saturated rings. The molecule has 0 bridgehead atoms. The van der Waals surface area contributed by atoms with Crippen LogP contribution in [0, 0.1) is 64.2 Å². The van der Waals surface area contributed by atoms with Crippen molar-refractivity contribution in [3.05, 3.63) is 147 Å². The topological polar surface area (TPSA) is 163 Å². The normalized spacial score (nSPS) is 22.0. The number of aliphatic imine (C=N–C) groups is 5. The third-order valence-corrected chi connectivity index (χ3v) is 17.2. The van der Waals surface area contributed by atoms with Crippen molar-refractivity contribution < 1.29 is 130 Å². The number of rotatable bonds is 11. The van der Waals surface area contributed by atoms with Gasteiger partial charge in [0, 0.05) is 58.9 Å². The number of para-hydroxylation sites is 5. The Morgan fingerprint density at radius 1 is 0.312 bits per heavy atom. The number of aryl methyl sites for hydroxylation is 5. The van der Waals surface area contributed by atoms with Crippen LogP contribution < -0.4 is 0 Å². The molecule has 5 aliphatic rings. The van der Waals surface area contributed by atoms with E-state index < -0.39 is 104 Å². The van der Waals surface area contributed by atoms with E-state index in [1.165, 1.54) is 103 Å². The number of nitrogens with zero attached hydrogens (tertiary/aromatic N) is 5. The molecule has 10 rings (SSSR count). The summed E-state index contributed by atoms with van der Waals surface area (Å²) in [6, 6.07) is 31.1. The summed E-state index contributed by atoms with van der Waals surface area (Å²) in [4.78, 5) is 22.9.